The molecular formula is C14H30N2O. The Morgan fingerprint density at radius 3 is 1.76 bits per heavy atom. The van der Waals surface area contributed by atoms with Gasteiger partial charge in [0.25, 0.3) is 0 Å². The van der Waals surface area contributed by atoms with E-state index in [1.54, 1.807) is 0 Å². The van der Waals surface area contributed by atoms with Gasteiger partial charge in [0.05, 0.1) is 6.10 Å². The summed E-state index contributed by atoms with van der Waals surface area (Å²) in [5.41, 5.74) is 0.260. The molecule has 0 unspecified atom stereocenters. The maximum Gasteiger partial charge on any atom is 0.0715 e. The fourth-order valence-electron chi connectivity index (χ4n) is 2.12. The molecule has 3 nitrogen and oxygen atoms in total. The molecule has 1 atom stereocenters. The van der Waals surface area contributed by atoms with Crippen LogP contribution >= 0.6 is 0 Å². The van der Waals surface area contributed by atoms with E-state index in [0.29, 0.717) is 0 Å². The zero-order valence-corrected chi connectivity index (χ0v) is 12.5. The van der Waals surface area contributed by atoms with Gasteiger partial charge in [-0.1, -0.05) is 20.8 Å². The maximum absolute atomic E-state index is 10.1. The van der Waals surface area contributed by atoms with Crippen molar-refractivity contribution in [2.75, 3.05) is 32.7 Å². The fraction of sp³-hybridized carbons (Fsp3) is 1.00. The van der Waals surface area contributed by atoms with Crippen LogP contribution in [-0.4, -0.2) is 59.3 Å². The molecule has 1 rings (SSSR count). The first kappa shape index (κ1) is 14.9. The topological polar surface area (TPSA) is 26.7 Å². The van der Waals surface area contributed by atoms with Gasteiger partial charge in [-0.3, -0.25) is 9.80 Å². The van der Waals surface area contributed by atoms with Gasteiger partial charge in [0, 0.05) is 38.3 Å². The van der Waals surface area contributed by atoms with E-state index in [2.05, 4.69) is 51.3 Å². The molecule has 0 aliphatic carbocycles. The van der Waals surface area contributed by atoms with E-state index in [1.165, 1.54) is 0 Å². The van der Waals surface area contributed by atoms with Gasteiger partial charge >= 0.3 is 0 Å². The van der Waals surface area contributed by atoms with Crippen LogP contribution in [-0.2, 0) is 0 Å². The summed E-state index contributed by atoms with van der Waals surface area (Å²) in [5, 5.41) is 10.1. The van der Waals surface area contributed by atoms with E-state index in [4.69, 9.17) is 0 Å². The summed E-state index contributed by atoms with van der Waals surface area (Å²) in [7, 11) is 0. The lowest BCUT2D eigenvalue weighted by molar-refractivity contribution is -0.0000275. The van der Waals surface area contributed by atoms with Crippen LogP contribution in [0, 0.1) is 5.41 Å². The largest absolute Gasteiger partial charge is 0.391 e. The number of rotatable bonds is 2. The molecule has 0 aromatic rings. The van der Waals surface area contributed by atoms with Gasteiger partial charge in [-0.2, -0.15) is 0 Å². The van der Waals surface area contributed by atoms with Gasteiger partial charge in [0.1, 0.15) is 0 Å². The Hall–Kier alpha value is -0.120. The third kappa shape index (κ3) is 4.57. The molecule has 17 heavy (non-hydrogen) atoms. The van der Waals surface area contributed by atoms with E-state index in [9.17, 15) is 5.11 Å². The highest BCUT2D eigenvalue weighted by Crippen LogP contribution is 2.21. The van der Waals surface area contributed by atoms with Crippen LogP contribution in [0.25, 0.3) is 0 Å². The quantitative estimate of drug-likeness (QED) is 0.800. The molecule has 1 N–H and O–H groups in total. The van der Waals surface area contributed by atoms with Crippen molar-refractivity contribution in [3.63, 3.8) is 0 Å². The number of β-amino-alcohol motifs (C(OH)–C–C–N with tert-alkyl or cyclic N) is 1. The van der Waals surface area contributed by atoms with Gasteiger partial charge in [0.15, 0.2) is 0 Å². The predicted octanol–water partition coefficient (Wildman–Crippen LogP) is 1.81. The molecule has 1 aliphatic rings. The first-order chi connectivity index (χ1) is 7.60. The SMILES string of the molecule is CC(C)(C)[C@@H](O)CN1CCN(C(C)(C)C)CC1. The smallest absolute Gasteiger partial charge is 0.0715 e. The Morgan fingerprint density at radius 2 is 1.41 bits per heavy atom. The van der Waals surface area contributed by atoms with E-state index >= 15 is 0 Å². The number of aliphatic hydroxyl groups is 1. The van der Waals surface area contributed by atoms with Gasteiger partial charge in [-0.15, -0.1) is 0 Å². The first-order valence-corrected chi connectivity index (χ1v) is 6.76. The Balaban J connectivity index is 2.38. The number of hydrogen-bond acceptors (Lipinski definition) is 3. The maximum atomic E-state index is 10.1. The summed E-state index contributed by atoms with van der Waals surface area (Å²) in [6.07, 6.45) is -0.233. The standard InChI is InChI=1S/C14H30N2O/c1-13(2,3)12(17)11-15-7-9-16(10-8-15)14(4,5)6/h12,17H,7-11H2,1-6H3/t12-/m0/s1. The van der Waals surface area contributed by atoms with Crippen molar-refractivity contribution in [2.45, 2.75) is 53.2 Å². The molecular weight excluding hydrogens is 212 g/mol. The van der Waals surface area contributed by atoms with Gasteiger partial charge < -0.3 is 5.11 Å². The van der Waals surface area contributed by atoms with Crippen molar-refractivity contribution in [1.82, 2.24) is 9.80 Å². The molecule has 0 aromatic carbocycles. The number of hydrogen-bond donors (Lipinski definition) is 1. The minimum Gasteiger partial charge on any atom is -0.391 e. The van der Waals surface area contributed by atoms with E-state index in [0.717, 1.165) is 32.7 Å². The van der Waals surface area contributed by atoms with Gasteiger partial charge in [-0.25, -0.2) is 0 Å². The lowest BCUT2D eigenvalue weighted by Crippen LogP contribution is -2.55. The fourth-order valence-corrected chi connectivity index (χ4v) is 2.12. The Labute approximate surface area is 107 Å². The normalized spacial score (nSPS) is 22.8. The highest BCUT2D eigenvalue weighted by molar-refractivity contribution is 4.84. The average molecular weight is 242 g/mol. The second-order valence-electron chi connectivity index (χ2n) is 7.34. The molecule has 3 heteroatoms. The van der Waals surface area contributed by atoms with Crippen LogP contribution in [0.15, 0.2) is 0 Å². The van der Waals surface area contributed by atoms with E-state index in [-0.39, 0.29) is 17.1 Å². The molecule has 1 fully saturated rings. The lowest BCUT2D eigenvalue weighted by Gasteiger charge is -2.43. The second-order valence-corrected chi connectivity index (χ2v) is 7.34. The van der Waals surface area contributed by atoms with Crippen LogP contribution in [0.1, 0.15) is 41.5 Å². The minimum atomic E-state index is -0.233. The van der Waals surface area contributed by atoms with Gasteiger partial charge in [-0.05, 0) is 26.2 Å². The summed E-state index contributed by atoms with van der Waals surface area (Å²) >= 11 is 0. The molecule has 0 amide bonds. The van der Waals surface area contributed by atoms with Crippen LogP contribution in [0.5, 0.6) is 0 Å². The molecule has 102 valence electrons. The molecule has 0 radical (unpaired) electrons. The van der Waals surface area contributed by atoms with Crippen LogP contribution in [0.3, 0.4) is 0 Å². The van der Waals surface area contributed by atoms with E-state index < -0.39 is 0 Å². The molecule has 1 saturated heterocycles. The third-order valence-corrected chi connectivity index (χ3v) is 3.75. The van der Waals surface area contributed by atoms with Crippen molar-refractivity contribution in [1.29, 1.82) is 0 Å². The zero-order chi connectivity index (χ0) is 13.3. The highest BCUT2D eigenvalue weighted by atomic mass is 16.3. The van der Waals surface area contributed by atoms with Gasteiger partial charge in [0.2, 0.25) is 0 Å². The molecule has 0 aromatic heterocycles. The molecule has 1 aliphatic heterocycles. The third-order valence-electron chi connectivity index (χ3n) is 3.75. The molecule has 1 heterocycles. The average Bonchev–Trinajstić information content (AvgIpc) is 2.15. The van der Waals surface area contributed by atoms with Crippen LogP contribution in [0.4, 0.5) is 0 Å². The monoisotopic (exact) mass is 242 g/mol. The van der Waals surface area contributed by atoms with Crippen molar-refractivity contribution >= 4 is 0 Å². The Morgan fingerprint density at radius 1 is 0.941 bits per heavy atom. The van der Waals surface area contributed by atoms with Crippen molar-refractivity contribution < 1.29 is 5.11 Å². The van der Waals surface area contributed by atoms with Crippen molar-refractivity contribution in [3.05, 3.63) is 0 Å². The highest BCUT2D eigenvalue weighted by Gasteiger charge is 2.29. The molecule has 0 saturated carbocycles. The lowest BCUT2D eigenvalue weighted by atomic mass is 9.89. The summed E-state index contributed by atoms with van der Waals surface area (Å²) in [6, 6.07) is 0. The Kier molecular flexibility index (Phi) is 4.61. The summed E-state index contributed by atoms with van der Waals surface area (Å²) < 4.78 is 0. The molecule has 0 spiro atoms. The van der Waals surface area contributed by atoms with Crippen LogP contribution in [0.2, 0.25) is 0 Å². The Bertz CT molecular complexity index is 232. The number of nitrogens with zero attached hydrogens (tertiary/aromatic N) is 2. The number of aliphatic hydroxyl groups excluding tert-OH is 1. The van der Waals surface area contributed by atoms with E-state index in [1.807, 2.05) is 0 Å². The van der Waals surface area contributed by atoms with Crippen molar-refractivity contribution in [2.24, 2.45) is 5.41 Å². The summed E-state index contributed by atoms with van der Waals surface area (Å²) in [5.74, 6) is 0. The van der Waals surface area contributed by atoms with Crippen molar-refractivity contribution in [3.8, 4) is 0 Å². The predicted molar refractivity (Wildman–Crippen MR) is 73.2 cm³/mol. The number of piperazine rings is 1. The zero-order valence-electron chi connectivity index (χ0n) is 12.5. The minimum absolute atomic E-state index is 0.0127. The molecule has 0 bridgehead atoms. The second kappa shape index (κ2) is 5.25. The van der Waals surface area contributed by atoms with Crippen LogP contribution < -0.4 is 0 Å². The first-order valence-electron chi connectivity index (χ1n) is 6.76. The summed E-state index contributed by atoms with van der Waals surface area (Å²) in [6.45, 7) is 18.3. The summed E-state index contributed by atoms with van der Waals surface area (Å²) in [4.78, 5) is 4.91.